The largest absolute Gasteiger partial charge is 0.496 e. The normalized spacial score (nSPS) is 10.2. The van der Waals surface area contributed by atoms with Crippen LogP contribution in [0, 0.1) is 0 Å². The van der Waals surface area contributed by atoms with Crippen LogP contribution in [0.15, 0.2) is 30.6 Å². The maximum absolute atomic E-state index is 11.8. The molecule has 0 aliphatic rings. The molecule has 0 unspecified atom stereocenters. The fourth-order valence-corrected chi connectivity index (χ4v) is 1.76. The van der Waals surface area contributed by atoms with Gasteiger partial charge >= 0.3 is 0 Å². The van der Waals surface area contributed by atoms with Gasteiger partial charge in [-0.2, -0.15) is 5.10 Å². The molecule has 1 aromatic heterocycles. The van der Waals surface area contributed by atoms with Crippen molar-refractivity contribution in [3.05, 3.63) is 42.0 Å². The standard InChI is InChI=1S/C13H16N4O2/c1-19-11-5-3-2-4-10(11)8-13(18)14-7-6-12-15-9-16-17-12/h2-5,9H,6-8H2,1H3,(H,14,18)(H,15,16,17). The van der Waals surface area contributed by atoms with Gasteiger partial charge in [0.15, 0.2) is 0 Å². The van der Waals surface area contributed by atoms with E-state index in [4.69, 9.17) is 4.74 Å². The van der Waals surface area contributed by atoms with E-state index < -0.39 is 0 Å². The Morgan fingerprint density at radius 1 is 1.42 bits per heavy atom. The maximum Gasteiger partial charge on any atom is 0.224 e. The number of aromatic nitrogens is 3. The summed E-state index contributed by atoms with van der Waals surface area (Å²) in [6.45, 7) is 0.531. The number of aromatic amines is 1. The summed E-state index contributed by atoms with van der Waals surface area (Å²) in [5.74, 6) is 1.45. The van der Waals surface area contributed by atoms with Crippen LogP contribution in [0.4, 0.5) is 0 Å². The van der Waals surface area contributed by atoms with Gasteiger partial charge in [-0.15, -0.1) is 0 Å². The molecule has 0 saturated heterocycles. The van der Waals surface area contributed by atoms with Gasteiger partial charge in [-0.1, -0.05) is 18.2 Å². The smallest absolute Gasteiger partial charge is 0.224 e. The molecule has 0 saturated carbocycles. The molecule has 0 aliphatic heterocycles. The minimum atomic E-state index is -0.0379. The lowest BCUT2D eigenvalue weighted by Gasteiger charge is -2.08. The summed E-state index contributed by atoms with van der Waals surface area (Å²) >= 11 is 0. The third kappa shape index (κ3) is 3.80. The van der Waals surface area contributed by atoms with Crippen molar-refractivity contribution in [2.24, 2.45) is 0 Å². The van der Waals surface area contributed by atoms with E-state index in [1.807, 2.05) is 24.3 Å². The van der Waals surface area contributed by atoms with Gasteiger partial charge in [0.05, 0.1) is 13.5 Å². The highest BCUT2D eigenvalue weighted by Crippen LogP contribution is 2.17. The molecule has 0 spiro atoms. The van der Waals surface area contributed by atoms with Crippen LogP contribution in [0.25, 0.3) is 0 Å². The molecule has 0 radical (unpaired) electrons. The number of hydrogen-bond donors (Lipinski definition) is 2. The predicted octanol–water partition coefficient (Wildman–Crippen LogP) is 0.715. The van der Waals surface area contributed by atoms with Crippen LogP contribution in [0.1, 0.15) is 11.4 Å². The monoisotopic (exact) mass is 260 g/mol. The zero-order valence-corrected chi connectivity index (χ0v) is 10.7. The van der Waals surface area contributed by atoms with Crippen molar-refractivity contribution in [1.82, 2.24) is 20.5 Å². The number of amides is 1. The number of methoxy groups -OCH3 is 1. The van der Waals surface area contributed by atoms with Crippen LogP contribution < -0.4 is 10.1 Å². The Balaban J connectivity index is 1.80. The van der Waals surface area contributed by atoms with E-state index in [1.54, 1.807) is 7.11 Å². The second-order valence-electron chi connectivity index (χ2n) is 4.02. The van der Waals surface area contributed by atoms with Gasteiger partial charge in [-0.05, 0) is 6.07 Å². The molecule has 2 rings (SSSR count). The van der Waals surface area contributed by atoms with Crippen molar-refractivity contribution < 1.29 is 9.53 Å². The third-order valence-electron chi connectivity index (χ3n) is 2.69. The Labute approximate surface area is 111 Å². The van der Waals surface area contributed by atoms with Crippen molar-refractivity contribution in [2.75, 3.05) is 13.7 Å². The van der Waals surface area contributed by atoms with Crippen LogP contribution >= 0.6 is 0 Å². The number of benzene rings is 1. The molecule has 0 bridgehead atoms. The average Bonchev–Trinajstić information content (AvgIpc) is 2.92. The molecule has 19 heavy (non-hydrogen) atoms. The fourth-order valence-electron chi connectivity index (χ4n) is 1.76. The molecule has 1 aromatic carbocycles. The summed E-state index contributed by atoms with van der Waals surface area (Å²) in [7, 11) is 1.60. The molecule has 0 atom stereocenters. The number of hydrogen-bond acceptors (Lipinski definition) is 4. The Morgan fingerprint density at radius 2 is 2.26 bits per heavy atom. The Hall–Kier alpha value is -2.37. The molecular formula is C13H16N4O2. The number of H-pyrrole nitrogens is 1. The lowest BCUT2D eigenvalue weighted by molar-refractivity contribution is -0.120. The molecule has 2 N–H and O–H groups in total. The second kappa shape index (κ2) is 6.53. The number of rotatable bonds is 6. The van der Waals surface area contributed by atoms with Crippen LogP contribution in [0.2, 0.25) is 0 Å². The Kier molecular flexibility index (Phi) is 4.49. The maximum atomic E-state index is 11.8. The molecule has 2 aromatic rings. The lowest BCUT2D eigenvalue weighted by Crippen LogP contribution is -2.27. The van der Waals surface area contributed by atoms with Crippen LogP contribution in [-0.4, -0.2) is 34.7 Å². The number of carbonyl (C=O) groups excluding carboxylic acids is 1. The molecule has 100 valence electrons. The number of ether oxygens (including phenoxy) is 1. The summed E-state index contributed by atoms with van der Waals surface area (Å²) in [5.41, 5.74) is 0.877. The van der Waals surface area contributed by atoms with Gasteiger partial charge in [0.1, 0.15) is 17.9 Å². The first-order valence-electron chi connectivity index (χ1n) is 6.02. The second-order valence-corrected chi connectivity index (χ2v) is 4.02. The first-order valence-corrected chi connectivity index (χ1v) is 6.02. The predicted molar refractivity (Wildman–Crippen MR) is 69.8 cm³/mol. The van der Waals surface area contributed by atoms with E-state index in [0.29, 0.717) is 19.4 Å². The van der Waals surface area contributed by atoms with Crippen molar-refractivity contribution in [2.45, 2.75) is 12.8 Å². The summed E-state index contributed by atoms with van der Waals surface area (Å²) in [6.07, 6.45) is 2.39. The molecule has 6 nitrogen and oxygen atoms in total. The number of carbonyl (C=O) groups is 1. The Morgan fingerprint density at radius 3 is 3.00 bits per heavy atom. The average molecular weight is 260 g/mol. The summed E-state index contributed by atoms with van der Waals surface area (Å²) in [6, 6.07) is 7.50. The summed E-state index contributed by atoms with van der Waals surface area (Å²) < 4.78 is 5.21. The van der Waals surface area contributed by atoms with E-state index >= 15 is 0 Å². The SMILES string of the molecule is COc1ccccc1CC(=O)NCCc1ncn[nH]1. The molecule has 0 fully saturated rings. The zero-order valence-electron chi connectivity index (χ0n) is 10.7. The van der Waals surface area contributed by atoms with Gasteiger partial charge in [0.25, 0.3) is 0 Å². The van der Waals surface area contributed by atoms with Gasteiger partial charge in [0, 0.05) is 18.5 Å². The van der Waals surface area contributed by atoms with Crippen molar-refractivity contribution in [1.29, 1.82) is 0 Å². The van der Waals surface area contributed by atoms with E-state index in [1.165, 1.54) is 6.33 Å². The highest BCUT2D eigenvalue weighted by Gasteiger charge is 2.07. The highest BCUT2D eigenvalue weighted by atomic mass is 16.5. The number of nitrogens with one attached hydrogen (secondary N) is 2. The summed E-state index contributed by atoms with van der Waals surface area (Å²) in [4.78, 5) is 15.8. The van der Waals surface area contributed by atoms with Crippen LogP contribution in [-0.2, 0) is 17.6 Å². The highest BCUT2D eigenvalue weighted by molar-refractivity contribution is 5.79. The topological polar surface area (TPSA) is 79.9 Å². The minimum absolute atomic E-state index is 0.0379. The van der Waals surface area contributed by atoms with E-state index in [-0.39, 0.29) is 5.91 Å². The van der Waals surface area contributed by atoms with Crippen molar-refractivity contribution in [3.63, 3.8) is 0 Å². The molecule has 1 heterocycles. The molecule has 6 heteroatoms. The van der Waals surface area contributed by atoms with Gasteiger partial charge in [0.2, 0.25) is 5.91 Å². The minimum Gasteiger partial charge on any atom is -0.496 e. The number of nitrogens with zero attached hydrogens (tertiary/aromatic N) is 2. The molecular weight excluding hydrogens is 244 g/mol. The van der Waals surface area contributed by atoms with Crippen molar-refractivity contribution >= 4 is 5.91 Å². The van der Waals surface area contributed by atoms with Crippen LogP contribution in [0.3, 0.4) is 0 Å². The quantitative estimate of drug-likeness (QED) is 0.802. The summed E-state index contributed by atoms with van der Waals surface area (Å²) in [5, 5.41) is 9.33. The number of para-hydroxylation sites is 1. The van der Waals surface area contributed by atoms with E-state index in [0.717, 1.165) is 17.1 Å². The third-order valence-corrected chi connectivity index (χ3v) is 2.69. The first-order chi connectivity index (χ1) is 9.29. The molecule has 0 aliphatic carbocycles. The Bertz CT molecular complexity index is 525. The lowest BCUT2D eigenvalue weighted by atomic mass is 10.1. The van der Waals surface area contributed by atoms with Crippen molar-refractivity contribution in [3.8, 4) is 5.75 Å². The van der Waals surface area contributed by atoms with E-state index in [2.05, 4.69) is 20.5 Å². The fraction of sp³-hybridized carbons (Fsp3) is 0.308. The molecule has 1 amide bonds. The first kappa shape index (κ1) is 13.1. The van der Waals surface area contributed by atoms with E-state index in [9.17, 15) is 4.79 Å². The zero-order chi connectivity index (χ0) is 13.5. The van der Waals surface area contributed by atoms with Gasteiger partial charge < -0.3 is 10.1 Å². The van der Waals surface area contributed by atoms with Gasteiger partial charge in [-0.25, -0.2) is 4.98 Å². The van der Waals surface area contributed by atoms with Crippen LogP contribution in [0.5, 0.6) is 5.75 Å². The van der Waals surface area contributed by atoms with Gasteiger partial charge in [-0.3, -0.25) is 9.89 Å².